The molecule has 0 saturated heterocycles. The molecule has 1 heterocycles. The average Bonchev–Trinajstić information content (AvgIpc) is 2.83. The van der Waals surface area contributed by atoms with E-state index >= 15 is 0 Å². The molecule has 33 heavy (non-hydrogen) atoms. The van der Waals surface area contributed by atoms with Gasteiger partial charge in [-0.3, -0.25) is 4.79 Å². The van der Waals surface area contributed by atoms with Crippen LogP contribution in [0.5, 0.6) is 17.2 Å². The number of esters is 1. The third-order valence-corrected chi connectivity index (χ3v) is 5.84. The zero-order valence-electron chi connectivity index (χ0n) is 19.1. The molecule has 1 aliphatic carbocycles. The van der Waals surface area contributed by atoms with Crippen LogP contribution >= 0.6 is 0 Å². The molecule has 0 N–H and O–H groups in total. The minimum absolute atomic E-state index is 0.0424. The van der Waals surface area contributed by atoms with Crippen LogP contribution in [-0.2, 0) is 9.53 Å². The quantitative estimate of drug-likeness (QED) is 0.464. The van der Waals surface area contributed by atoms with Gasteiger partial charge in [0.2, 0.25) is 11.2 Å². The molecule has 1 fully saturated rings. The highest BCUT2D eigenvalue weighted by molar-refractivity contribution is 5.83. The summed E-state index contributed by atoms with van der Waals surface area (Å²) in [7, 11) is 3.07. The summed E-state index contributed by atoms with van der Waals surface area (Å²) >= 11 is 0. The fraction of sp³-hybridized carbons (Fsp3) is 0.385. The molecule has 0 spiro atoms. The number of rotatable bonds is 7. The number of hydrogen-bond donors (Lipinski definition) is 0. The van der Waals surface area contributed by atoms with E-state index in [2.05, 4.69) is 0 Å². The standard InChI is InChI=1S/C26H28O7/c1-16-9-11-19-21(13-16)33-25(17-10-12-20(29-2)22(14-17)30-3)26(24(19)28)31-15-23(27)32-18-7-5-4-6-8-18/h9-14,18H,4-8,15H2,1-3H3. The summed E-state index contributed by atoms with van der Waals surface area (Å²) in [5.74, 6) is 0.690. The first kappa shape index (κ1) is 22.7. The Balaban J connectivity index is 1.71. The van der Waals surface area contributed by atoms with Crippen molar-refractivity contribution in [1.29, 1.82) is 0 Å². The molecule has 174 valence electrons. The predicted molar refractivity (Wildman–Crippen MR) is 124 cm³/mol. The lowest BCUT2D eigenvalue weighted by Gasteiger charge is -2.21. The number of hydrogen-bond acceptors (Lipinski definition) is 7. The van der Waals surface area contributed by atoms with Gasteiger partial charge in [-0.05, 0) is 68.5 Å². The van der Waals surface area contributed by atoms with E-state index in [1.54, 1.807) is 37.4 Å². The number of aryl methyl sites for hydroxylation is 1. The van der Waals surface area contributed by atoms with E-state index in [9.17, 15) is 9.59 Å². The highest BCUT2D eigenvalue weighted by Gasteiger charge is 2.22. The van der Waals surface area contributed by atoms with Gasteiger partial charge in [0.25, 0.3) is 0 Å². The average molecular weight is 453 g/mol. The molecule has 2 aromatic carbocycles. The van der Waals surface area contributed by atoms with Crippen molar-refractivity contribution in [2.75, 3.05) is 20.8 Å². The second-order valence-electron chi connectivity index (χ2n) is 8.20. The van der Waals surface area contributed by atoms with Crippen molar-refractivity contribution in [3.05, 3.63) is 52.2 Å². The number of carbonyl (C=O) groups is 1. The molecule has 7 heteroatoms. The molecule has 3 aromatic rings. The first-order valence-corrected chi connectivity index (χ1v) is 11.1. The highest BCUT2D eigenvalue weighted by Crippen LogP contribution is 2.37. The minimum atomic E-state index is -0.497. The minimum Gasteiger partial charge on any atom is -0.493 e. The second-order valence-corrected chi connectivity index (χ2v) is 8.20. The molecule has 0 aliphatic heterocycles. The second kappa shape index (κ2) is 9.98. The van der Waals surface area contributed by atoms with Gasteiger partial charge in [-0.15, -0.1) is 0 Å². The van der Waals surface area contributed by atoms with Crippen LogP contribution in [0.3, 0.4) is 0 Å². The van der Waals surface area contributed by atoms with Gasteiger partial charge in [0.1, 0.15) is 11.7 Å². The Bertz CT molecular complexity index is 1210. The maximum atomic E-state index is 13.3. The Kier molecular flexibility index (Phi) is 6.87. The van der Waals surface area contributed by atoms with Crippen LogP contribution in [0, 0.1) is 6.92 Å². The summed E-state index contributed by atoms with van der Waals surface area (Å²) in [6, 6.07) is 10.5. The van der Waals surface area contributed by atoms with Gasteiger partial charge in [-0.25, -0.2) is 4.79 Å². The van der Waals surface area contributed by atoms with E-state index in [4.69, 9.17) is 23.4 Å². The van der Waals surface area contributed by atoms with Gasteiger partial charge in [-0.2, -0.15) is 0 Å². The summed E-state index contributed by atoms with van der Waals surface area (Å²) in [6.07, 6.45) is 4.90. The molecule has 0 amide bonds. The first-order chi connectivity index (χ1) is 16.0. The normalized spacial score (nSPS) is 14.2. The molecular weight excluding hydrogens is 424 g/mol. The van der Waals surface area contributed by atoms with E-state index in [0.717, 1.165) is 37.7 Å². The number of carbonyl (C=O) groups excluding carboxylic acids is 1. The van der Waals surface area contributed by atoms with Crippen LogP contribution in [0.2, 0.25) is 0 Å². The van der Waals surface area contributed by atoms with Gasteiger partial charge in [0.15, 0.2) is 23.9 Å². The Hall–Kier alpha value is -3.48. The van der Waals surface area contributed by atoms with Crippen molar-refractivity contribution < 1.29 is 28.2 Å². The number of fused-ring (bicyclic) bond motifs is 1. The van der Waals surface area contributed by atoms with Crippen LogP contribution in [0.25, 0.3) is 22.3 Å². The summed E-state index contributed by atoms with van der Waals surface area (Å²) < 4.78 is 28.1. The lowest BCUT2D eigenvalue weighted by atomic mass is 9.98. The lowest BCUT2D eigenvalue weighted by molar-refractivity contribution is -0.152. The van der Waals surface area contributed by atoms with Crippen molar-refractivity contribution in [3.8, 4) is 28.6 Å². The Labute approximate surface area is 192 Å². The van der Waals surface area contributed by atoms with Crippen LogP contribution in [0.4, 0.5) is 0 Å². The van der Waals surface area contributed by atoms with Crippen molar-refractivity contribution >= 4 is 16.9 Å². The summed E-state index contributed by atoms with van der Waals surface area (Å²) in [5.41, 5.74) is 1.59. The number of benzene rings is 2. The monoisotopic (exact) mass is 452 g/mol. The molecule has 7 nitrogen and oxygen atoms in total. The summed E-state index contributed by atoms with van der Waals surface area (Å²) in [5, 5.41) is 0.375. The smallest absolute Gasteiger partial charge is 0.344 e. The number of methoxy groups -OCH3 is 2. The molecule has 4 rings (SSSR count). The van der Waals surface area contributed by atoms with Gasteiger partial charge < -0.3 is 23.4 Å². The van der Waals surface area contributed by atoms with E-state index in [1.807, 2.05) is 13.0 Å². The van der Waals surface area contributed by atoms with Crippen molar-refractivity contribution in [1.82, 2.24) is 0 Å². The SMILES string of the molecule is COc1ccc(-c2oc3cc(C)ccc3c(=O)c2OCC(=O)OC2CCCCC2)cc1OC. The molecule has 0 unspecified atom stereocenters. The largest absolute Gasteiger partial charge is 0.493 e. The molecule has 0 atom stereocenters. The van der Waals surface area contributed by atoms with Crippen LogP contribution < -0.4 is 19.6 Å². The van der Waals surface area contributed by atoms with E-state index < -0.39 is 5.97 Å². The maximum Gasteiger partial charge on any atom is 0.344 e. The van der Waals surface area contributed by atoms with E-state index in [0.29, 0.717) is 28.0 Å². The molecule has 1 saturated carbocycles. The van der Waals surface area contributed by atoms with E-state index in [-0.39, 0.29) is 29.6 Å². The van der Waals surface area contributed by atoms with Gasteiger partial charge in [0, 0.05) is 5.56 Å². The van der Waals surface area contributed by atoms with Gasteiger partial charge >= 0.3 is 5.97 Å². The zero-order chi connectivity index (χ0) is 23.4. The fourth-order valence-electron chi connectivity index (χ4n) is 4.12. The summed E-state index contributed by atoms with van der Waals surface area (Å²) in [4.78, 5) is 25.7. The predicted octanol–water partition coefficient (Wildman–Crippen LogP) is 5.04. The third kappa shape index (κ3) is 4.97. The maximum absolute atomic E-state index is 13.3. The van der Waals surface area contributed by atoms with Crippen LogP contribution in [-0.4, -0.2) is 32.9 Å². The molecule has 0 bridgehead atoms. The molecule has 1 aliphatic rings. The first-order valence-electron chi connectivity index (χ1n) is 11.1. The highest BCUT2D eigenvalue weighted by atomic mass is 16.6. The molecular formula is C26H28O7. The van der Waals surface area contributed by atoms with Gasteiger partial charge in [0.05, 0.1) is 19.6 Å². The third-order valence-electron chi connectivity index (χ3n) is 5.84. The molecule has 1 aromatic heterocycles. The Morgan fingerprint density at radius 3 is 2.48 bits per heavy atom. The van der Waals surface area contributed by atoms with Crippen LogP contribution in [0.1, 0.15) is 37.7 Å². The Morgan fingerprint density at radius 1 is 1.00 bits per heavy atom. The van der Waals surface area contributed by atoms with Gasteiger partial charge in [-0.1, -0.05) is 12.5 Å². The van der Waals surface area contributed by atoms with E-state index in [1.165, 1.54) is 7.11 Å². The lowest BCUT2D eigenvalue weighted by Crippen LogP contribution is -2.25. The number of ether oxygens (including phenoxy) is 4. The zero-order valence-corrected chi connectivity index (χ0v) is 19.1. The van der Waals surface area contributed by atoms with Crippen molar-refractivity contribution in [2.45, 2.75) is 45.1 Å². The fourth-order valence-corrected chi connectivity index (χ4v) is 4.12. The topological polar surface area (TPSA) is 84.2 Å². The van der Waals surface area contributed by atoms with Crippen molar-refractivity contribution in [3.63, 3.8) is 0 Å². The van der Waals surface area contributed by atoms with Crippen molar-refractivity contribution in [2.24, 2.45) is 0 Å². The summed E-state index contributed by atoms with van der Waals surface area (Å²) in [6.45, 7) is 1.54. The Morgan fingerprint density at radius 2 is 1.76 bits per heavy atom. The van der Waals surface area contributed by atoms with Crippen LogP contribution in [0.15, 0.2) is 45.6 Å². The molecule has 0 radical (unpaired) electrons.